The Bertz CT molecular complexity index is 548. The van der Waals surface area contributed by atoms with Gasteiger partial charge in [-0.05, 0) is 38.3 Å². The molecule has 5 nitrogen and oxygen atoms in total. The maximum atomic E-state index is 13.0. The standard InChI is InChI=1S/C15H18FNO4/c1-15(14(19)20)7-2-3-8-17(15)13(18)10-21-12-6-4-5-11(16)9-12/h4-6,9H,2-3,7-8,10H2,1H3,(H,19,20). The number of ether oxygens (including phenoxy) is 1. The number of likely N-dealkylation sites (tertiary alicyclic amines) is 1. The Hall–Kier alpha value is -2.11. The van der Waals surface area contributed by atoms with Crippen molar-refractivity contribution in [2.24, 2.45) is 0 Å². The van der Waals surface area contributed by atoms with E-state index in [9.17, 15) is 19.1 Å². The predicted octanol–water partition coefficient (Wildman–Crippen LogP) is 2.06. The van der Waals surface area contributed by atoms with Gasteiger partial charge in [-0.15, -0.1) is 0 Å². The Balaban J connectivity index is 2.03. The second-order valence-corrected chi connectivity index (χ2v) is 5.33. The van der Waals surface area contributed by atoms with E-state index in [0.29, 0.717) is 13.0 Å². The van der Waals surface area contributed by atoms with Crippen LogP contribution in [0.4, 0.5) is 4.39 Å². The SMILES string of the molecule is CC1(C(=O)O)CCCCN1C(=O)COc1cccc(F)c1. The first-order valence-electron chi connectivity index (χ1n) is 6.86. The minimum atomic E-state index is -1.19. The molecule has 1 heterocycles. The Kier molecular flexibility index (Phi) is 4.45. The van der Waals surface area contributed by atoms with Gasteiger partial charge in [0.25, 0.3) is 5.91 Å². The van der Waals surface area contributed by atoms with Crippen LogP contribution in [0.15, 0.2) is 24.3 Å². The third kappa shape index (κ3) is 3.32. The molecule has 114 valence electrons. The fourth-order valence-electron chi connectivity index (χ4n) is 2.52. The topological polar surface area (TPSA) is 66.8 Å². The molecule has 0 radical (unpaired) electrons. The maximum Gasteiger partial charge on any atom is 0.329 e. The summed E-state index contributed by atoms with van der Waals surface area (Å²) in [5.41, 5.74) is -1.19. The van der Waals surface area contributed by atoms with Crippen LogP contribution in [0.5, 0.6) is 5.75 Å². The Morgan fingerprint density at radius 2 is 2.19 bits per heavy atom. The number of carbonyl (C=O) groups is 2. The van der Waals surface area contributed by atoms with Gasteiger partial charge >= 0.3 is 5.97 Å². The van der Waals surface area contributed by atoms with Crippen molar-refractivity contribution in [3.63, 3.8) is 0 Å². The second kappa shape index (κ2) is 6.11. The van der Waals surface area contributed by atoms with Gasteiger partial charge in [-0.3, -0.25) is 4.79 Å². The lowest BCUT2D eigenvalue weighted by molar-refractivity contribution is -0.161. The largest absolute Gasteiger partial charge is 0.484 e. The number of rotatable bonds is 4. The van der Waals surface area contributed by atoms with Gasteiger partial charge < -0.3 is 14.7 Å². The molecular weight excluding hydrogens is 277 g/mol. The number of carboxylic acid groups (broad SMARTS) is 1. The molecule has 2 rings (SSSR count). The molecule has 1 unspecified atom stereocenters. The van der Waals surface area contributed by atoms with Crippen LogP contribution in [0.3, 0.4) is 0 Å². The van der Waals surface area contributed by atoms with Crippen LogP contribution in [0.2, 0.25) is 0 Å². The zero-order valence-corrected chi connectivity index (χ0v) is 11.8. The summed E-state index contributed by atoms with van der Waals surface area (Å²) in [6.07, 6.45) is 1.97. The molecule has 0 spiro atoms. The number of halogens is 1. The van der Waals surface area contributed by atoms with Crippen LogP contribution < -0.4 is 4.74 Å². The van der Waals surface area contributed by atoms with Crippen molar-refractivity contribution in [1.29, 1.82) is 0 Å². The quantitative estimate of drug-likeness (QED) is 0.923. The van der Waals surface area contributed by atoms with Crippen molar-refractivity contribution < 1.29 is 23.8 Å². The van der Waals surface area contributed by atoms with Crippen LogP contribution >= 0.6 is 0 Å². The molecule has 0 bridgehead atoms. The third-order valence-electron chi connectivity index (χ3n) is 3.81. The highest BCUT2D eigenvalue weighted by Crippen LogP contribution is 2.28. The Morgan fingerprint density at radius 3 is 2.86 bits per heavy atom. The Morgan fingerprint density at radius 1 is 1.43 bits per heavy atom. The molecule has 1 amide bonds. The lowest BCUT2D eigenvalue weighted by Gasteiger charge is -2.41. The fraction of sp³-hybridized carbons (Fsp3) is 0.467. The highest BCUT2D eigenvalue weighted by atomic mass is 19.1. The van der Waals surface area contributed by atoms with Crippen molar-refractivity contribution in [1.82, 2.24) is 4.90 Å². The summed E-state index contributed by atoms with van der Waals surface area (Å²) in [6.45, 7) is 1.65. The van der Waals surface area contributed by atoms with E-state index in [-0.39, 0.29) is 12.4 Å². The lowest BCUT2D eigenvalue weighted by atomic mass is 9.88. The first kappa shape index (κ1) is 15.3. The first-order chi connectivity index (χ1) is 9.93. The van der Waals surface area contributed by atoms with Crippen LogP contribution in [0.25, 0.3) is 0 Å². The van der Waals surface area contributed by atoms with Gasteiger partial charge in [-0.1, -0.05) is 6.07 Å². The average Bonchev–Trinajstić information content (AvgIpc) is 2.45. The van der Waals surface area contributed by atoms with Crippen molar-refractivity contribution in [3.05, 3.63) is 30.1 Å². The normalized spacial score (nSPS) is 21.9. The highest BCUT2D eigenvalue weighted by Gasteiger charge is 2.43. The minimum absolute atomic E-state index is 0.248. The summed E-state index contributed by atoms with van der Waals surface area (Å²) in [7, 11) is 0. The third-order valence-corrected chi connectivity index (χ3v) is 3.81. The van der Waals surface area contributed by atoms with E-state index >= 15 is 0 Å². The van der Waals surface area contributed by atoms with Gasteiger partial charge in [-0.2, -0.15) is 0 Å². The monoisotopic (exact) mass is 295 g/mol. The van der Waals surface area contributed by atoms with Crippen molar-refractivity contribution in [2.75, 3.05) is 13.2 Å². The van der Waals surface area contributed by atoms with Crippen LogP contribution in [0.1, 0.15) is 26.2 Å². The summed E-state index contributed by atoms with van der Waals surface area (Å²) in [6, 6.07) is 5.49. The summed E-state index contributed by atoms with van der Waals surface area (Å²) in [5, 5.41) is 9.35. The number of carboxylic acids is 1. The Labute approximate surface area is 122 Å². The number of benzene rings is 1. The second-order valence-electron chi connectivity index (χ2n) is 5.33. The summed E-state index contributed by atoms with van der Waals surface area (Å²) in [5.74, 6) is -1.61. The number of carbonyl (C=O) groups excluding carboxylic acids is 1. The summed E-state index contributed by atoms with van der Waals surface area (Å²) < 4.78 is 18.3. The van der Waals surface area contributed by atoms with E-state index in [1.165, 1.54) is 23.1 Å². The molecule has 1 aliphatic rings. The van der Waals surface area contributed by atoms with E-state index in [0.717, 1.165) is 12.8 Å². The van der Waals surface area contributed by atoms with Crippen LogP contribution in [-0.2, 0) is 9.59 Å². The summed E-state index contributed by atoms with van der Waals surface area (Å²) in [4.78, 5) is 25.0. The van der Waals surface area contributed by atoms with Crippen LogP contribution in [0, 0.1) is 5.82 Å². The molecule has 0 saturated carbocycles. The fourth-order valence-corrected chi connectivity index (χ4v) is 2.52. The van der Waals surface area contributed by atoms with Gasteiger partial charge in [0.2, 0.25) is 0 Å². The number of piperidine rings is 1. The van der Waals surface area contributed by atoms with E-state index in [1.807, 2.05) is 0 Å². The van der Waals surface area contributed by atoms with Crippen molar-refractivity contribution in [2.45, 2.75) is 31.7 Å². The molecular formula is C15H18FNO4. The van der Waals surface area contributed by atoms with Gasteiger partial charge in [0, 0.05) is 12.6 Å². The minimum Gasteiger partial charge on any atom is -0.484 e. The van der Waals surface area contributed by atoms with E-state index < -0.39 is 23.2 Å². The molecule has 1 fully saturated rings. The average molecular weight is 295 g/mol. The zero-order valence-electron chi connectivity index (χ0n) is 11.8. The summed E-state index contributed by atoms with van der Waals surface area (Å²) >= 11 is 0. The molecule has 1 aromatic carbocycles. The van der Waals surface area contributed by atoms with Gasteiger partial charge in [-0.25, -0.2) is 9.18 Å². The number of nitrogens with zero attached hydrogens (tertiary/aromatic N) is 1. The lowest BCUT2D eigenvalue weighted by Crippen LogP contribution is -2.58. The number of hydrogen-bond acceptors (Lipinski definition) is 3. The van der Waals surface area contributed by atoms with Gasteiger partial charge in [0.05, 0.1) is 0 Å². The molecule has 1 aromatic rings. The number of aliphatic carboxylic acids is 1. The van der Waals surface area contributed by atoms with Crippen molar-refractivity contribution in [3.8, 4) is 5.75 Å². The maximum absolute atomic E-state index is 13.0. The molecule has 0 aliphatic carbocycles. The van der Waals surface area contributed by atoms with Gasteiger partial charge in [0.1, 0.15) is 17.1 Å². The van der Waals surface area contributed by atoms with Crippen LogP contribution in [-0.4, -0.2) is 40.6 Å². The predicted molar refractivity (Wildman–Crippen MR) is 73.5 cm³/mol. The smallest absolute Gasteiger partial charge is 0.329 e. The molecule has 6 heteroatoms. The molecule has 1 aliphatic heterocycles. The molecule has 21 heavy (non-hydrogen) atoms. The van der Waals surface area contributed by atoms with E-state index in [2.05, 4.69) is 0 Å². The number of hydrogen-bond donors (Lipinski definition) is 1. The highest BCUT2D eigenvalue weighted by molar-refractivity contribution is 5.87. The van der Waals surface area contributed by atoms with E-state index in [1.54, 1.807) is 13.0 Å². The van der Waals surface area contributed by atoms with E-state index in [4.69, 9.17) is 4.74 Å². The number of amides is 1. The molecule has 0 aromatic heterocycles. The van der Waals surface area contributed by atoms with Gasteiger partial charge in [0.15, 0.2) is 6.61 Å². The zero-order chi connectivity index (χ0) is 15.5. The molecule has 1 atom stereocenters. The molecule has 1 N–H and O–H groups in total. The van der Waals surface area contributed by atoms with Crippen molar-refractivity contribution >= 4 is 11.9 Å². The molecule has 1 saturated heterocycles. The first-order valence-corrected chi connectivity index (χ1v) is 6.86.